The molecule has 7 atom stereocenters. The van der Waals surface area contributed by atoms with E-state index in [-0.39, 0.29) is 87.2 Å². The summed E-state index contributed by atoms with van der Waals surface area (Å²) in [6.07, 6.45) is -0.244. The van der Waals surface area contributed by atoms with Crippen molar-refractivity contribution in [1.82, 2.24) is 15.1 Å². The molecule has 10 nitrogen and oxygen atoms in total. The predicted octanol–water partition coefficient (Wildman–Crippen LogP) is 1.41. The Balaban J connectivity index is 0.00000308. The van der Waals surface area contributed by atoms with Gasteiger partial charge < -0.3 is 29.7 Å². The number of methoxy groups -OCH3 is 1. The summed E-state index contributed by atoms with van der Waals surface area (Å²) in [4.78, 5) is 16.5. The van der Waals surface area contributed by atoms with E-state index >= 15 is 0 Å². The molecule has 1 aromatic carbocycles. The molecule has 5 aliphatic rings. The van der Waals surface area contributed by atoms with Crippen molar-refractivity contribution in [3.05, 3.63) is 45.2 Å². The third-order valence-electron chi connectivity index (χ3n) is 9.18. The number of aromatic hydroxyl groups is 1. The molecule has 3 N–H and O–H groups in total. The van der Waals surface area contributed by atoms with Crippen molar-refractivity contribution in [2.45, 2.75) is 76.0 Å². The summed E-state index contributed by atoms with van der Waals surface area (Å²) >= 11 is 0. The van der Waals surface area contributed by atoms with Crippen molar-refractivity contribution in [1.29, 1.82) is 5.26 Å². The number of piperazine rings is 1. The zero-order chi connectivity index (χ0) is 27.0. The molecule has 1 aliphatic carbocycles. The van der Waals surface area contributed by atoms with Crippen LogP contribution in [0.15, 0.2) is 28.5 Å². The number of carbonyl (C=O) groups is 1. The second-order valence-corrected chi connectivity index (χ2v) is 11.0. The van der Waals surface area contributed by atoms with E-state index < -0.39 is 24.3 Å². The maximum absolute atomic E-state index is 12.1. The summed E-state index contributed by atoms with van der Waals surface area (Å²) in [5.41, 5.74) is 5.10. The summed E-state index contributed by atoms with van der Waals surface area (Å²) < 4.78 is 17.4. The number of aliphatic hydroxyl groups excluding tert-OH is 1. The first-order valence-electron chi connectivity index (χ1n) is 13.1. The van der Waals surface area contributed by atoms with Crippen molar-refractivity contribution in [2.75, 3.05) is 27.5 Å². The molecule has 2 saturated heterocycles. The average molecular weight is 750 g/mol. The number of fused-ring (bicyclic) bond motifs is 8. The van der Waals surface area contributed by atoms with E-state index in [2.05, 4.69) is 27.3 Å². The first-order valence-corrected chi connectivity index (χ1v) is 13.1. The van der Waals surface area contributed by atoms with E-state index in [0.29, 0.717) is 24.4 Å². The van der Waals surface area contributed by atoms with E-state index in [1.165, 1.54) is 6.92 Å². The van der Waals surface area contributed by atoms with E-state index in [0.717, 1.165) is 33.4 Å². The van der Waals surface area contributed by atoms with Crippen molar-refractivity contribution in [3.63, 3.8) is 0 Å². The average Bonchev–Trinajstić information content (AvgIpc) is 3.36. The second kappa shape index (κ2) is 10.6. The van der Waals surface area contributed by atoms with Crippen LogP contribution in [0.3, 0.4) is 0 Å². The molecule has 205 valence electrons. The van der Waals surface area contributed by atoms with Gasteiger partial charge >= 0.3 is 0 Å². The molecule has 2 fully saturated rings. The van der Waals surface area contributed by atoms with Gasteiger partial charge in [-0.2, -0.15) is 5.26 Å². The Morgan fingerprint density at radius 1 is 1.31 bits per heavy atom. The topological polar surface area (TPSA) is 128 Å². The van der Waals surface area contributed by atoms with Gasteiger partial charge in [0.1, 0.15) is 17.9 Å². The van der Waals surface area contributed by atoms with Crippen LogP contribution in [-0.2, 0) is 20.7 Å². The number of hydrogen-bond donors (Lipinski definition) is 3. The third-order valence-corrected chi connectivity index (χ3v) is 9.18. The monoisotopic (exact) mass is 749 g/mol. The first-order chi connectivity index (χ1) is 18.2. The normalized spacial score (nSPS) is 33.1. The van der Waals surface area contributed by atoms with Crippen LogP contribution in [-0.4, -0.2) is 89.8 Å². The molecule has 6 rings (SSSR count). The van der Waals surface area contributed by atoms with Gasteiger partial charge in [-0.15, -0.1) is 0 Å². The molecule has 0 aromatic heterocycles. The number of rotatable bonds is 3. The van der Waals surface area contributed by atoms with Gasteiger partial charge in [-0.25, -0.2) is 0 Å². The van der Waals surface area contributed by atoms with Gasteiger partial charge in [0.25, 0.3) is 0 Å². The molecular weight excluding hydrogens is 715 g/mol. The number of aliphatic hydroxyl groups is 1. The molecular formula is C28H34AcN4O6. The van der Waals surface area contributed by atoms with Crippen molar-refractivity contribution < 1.29 is 73.3 Å². The van der Waals surface area contributed by atoms with E-state index in [1.54, 1.807) is 7.11 Å². The largest absolute Gasteiger partial charge is 0.504 e. The van der Waals surface area contributed by atoms with Gasteiger partial charge in [-0.1, -0.05) is 6.07 Å². The van der Waals surface area contributed by atoms with Crippen LogP contribution in [0.25, 0.3) is 0 Å². The molecule has 0 spiro atoms. The van der Waals surface area contributed by atoms with Crippen LogP contribution in [0, 0.1) is 62.3 Å². The van der Waals surface area contributed by atoms with Crippen molar-refractivity contribution >= 4 is 5.91 Å². The standard InChI is InChI=1S/C28H34N4O6.Ac/c1-12-6-15-7-17-19(9-29)32-18(23(31(17)4)21(15)25(35)26(12)36-5)8-16-22(20(32)10-30-14(3)33)28-27(37-11-38-28)13(2)24(16)34;/h6,17-20,23-24,28,34-35H,7-8,10-11H2,1-5H3,(H,30,33);/t17-,18?,19-,20-,23?,24?,28?;/m0./s1. The molecule has 4 heterocycles. The molecule has 4 aliphatic heterocycles. The molecule has 0 saturated carbocycles. The zero-order valence-corrected chi connectivity index (χ0v) is 27.6. The second-order valence-electron chi connectivity index (χ2n) is 11.0. The number of nitriles is 1. The van der Waals surface area contributed by atoms with Crippen LogP contribution in [0.5, 0.6) is 11.5 Å². The number of likely N-dealkylation sites (N-methyl/N-ethyl adjacent to an activating group) is 1. The molecule has 1 aromatic rings. The van der Waals surface area contributed by atoms with Crippen LogP contribution < -0.4 is 10.1 Å². The van der Waals surface area contributed by atoms with Gasteiger partial charge in [0, 0.05) is 80.8 Å². The number of aryl methyl sites for hydroxylation is 1. The predicted molar refractivity (Wildman–Crippen MR) is 136 cm³/mol. The Labute approximate surface area is 264 Å². The maximum atomic E-state index is 12.1. The molecule has 11 heteroatoms. The van der Waals surface area contributed by atoms with E-state index in [4.69, 9.17) is 14.2 Å². The van der Waals surface area contributed by atoms with Crippen LogP contribution in [0.2, 0.25) is 0 Å². The number of carbonyl (C=O) groups excluding carboxylic acids is 1. The Hall–Kier alpha value is -1.66. The number of nitrogens with zero attached hydrogens (tertiary/aromatic N) is 3. The van der Waals surface area contributed by atoms with E-state index in [1.807, 2.05) is 20.9 Å². The summed E-state index contributed by atoms with van der Waals surface area (Å²) in [5, 5.41) is 36.5. The number of ether oxygens (including phenoxy) is 3. The van der Waals surface area contributed by atoms with Crippen molar-refractivity contribution in [3.8, 4) is 17.6 Å². The van der Waals surface area contributed by atoms with Gasteiger partial charge in [0.2, 0.25) is 5.91 Å². The van der Waals surface area contributed by atoms with Crippen LogP contribution in [0.1, 0.15) is 43.0 Å². The Bertz CT molecular complexity index is 1320. The Morgan fingerprint density at radius 2 is 2.05 bits per heavy atom. The van der Waals surface area contributed by atoms with Gasteiger partial charge in [-0.3, -0.25) is 14.6 Å². The number of phenols is 1. The first kappa shape index (κ1) is 28.9. The minimum Gasteiger partial charge on any atom is -0.504 e. The number of benzene rings is 1. The van der Waals surface area contributed by atoms with Gasteiger partial charge in [0.15, 0.2) is 18.3 Å². The minimum absolute atomic E-state index is 0. The van der Waals surface area contributed by atoms with Crippen LogP contribution >= 0.6 is 0 Å². The molecule has 39 heavy (non-hydrogen) atoms. The fourth-order valence-electron chi connectivity index (χ4n) is 7.61. The molecule has 1 radical (unpaired) electrons. The summed E-state index contributed by atoms with van der Waals surface area (Å²) in [7, 11) is 3.56. The fraction of sp³-hybridized carbons (Fsp3) is 0.571. The molecule has 4 unspecified atom stereocenters. The smallest absolute Gasteiger partial charge is 0.216 e. The quantitative estimate of drug-likeness (QED) is 0.394. The van der Waals surface area contributed by atoms with Crippen molar-refractivity contribution in [2.24, 2.45) is 0 Å². The Kier molecular flexibility index (Phi) is 7.87. The van der Waals surface area contributed by atoms with Crippen LogP contribution in [0.4, 0.5) is 0 Å². The molecule has 2 bridgehead atoms. The SMILES string of the molecule is COc1c(C)cc2c(c1O)C1C3CC4=C(C5OCOC5=C(C)C4O)[C@H](CNC(C)=O)N3[C@@H](C#N)[C@H](C2)N1C.[Ac]. The fourth-order valence-corrected chi connectivity index (χ4v) is 7.61. The number of phenolic OH excluding ortho intramolecular Hbond substituents is 1. The Morgan fingerprint density at radius 3 is 2.72 bits per heavy atom. The van der Waals surface area contributed by atoms with E-state index in [9.17, 15) is 20.3 Å². The maximum Gasteiger partial charge on any atom is 0.216 e. The number of nitrogens with one attached hydrogen (secondary N) is 1. The minimum atomic E-state index is -0.854. The summed E-state index contributed by atoms with van der Waals surface area (Å²) in [6, 6.07) is 3.13. The number of hydrogen-bond acceptors (Lipinski definition) is 9. The molecule has 1 amide bonds. The van der Waals surface area contributed by atoms with Gasteiger partial charge in [0.05, 0.1) is 31.4 Å². The summed E-state index contributed by atoms with van der Waals surface area (Å²) in [5.74, 6) is 1.02. The van der Waals surface area contributed by atoms with Gasteiger partial charge in [-0.05, 0) is 56.0 Å². The number of amides is 1. The zero-order valence-electron chi connectivity index (χ0n) is 22.9. The summed E-state index contributed by atoms with van der Waals surface area (Å²) in [6.45, 7) is 5.60. The third kappa shape index (κ3) is 4.17.